The van der Waals surface area contributed by atoms with E-state index in [2.05, 4.69) is 0 Å². The Morgan fingerprint density at radius 3 is 2.52 bits per heavy atom. The number of sulfonamides is 1. The van der Waals surface area contributed by atoms with Crippen LogP contribution in [0.2, 0.25) is 0 Å². The van der Waals surface area contributed by atoms with Gasteiger partial charge in [0.05, 0.1) is 6.54 Å². The molecule has 0 radical (unpaired) electrons. The number of aryl methyl sites for hydroxylation is 2. The Hall–Kier alpha value is -1.41. The molecule has 0 bridgehead atoms. The lowest BCUT2D eigenvalue weighted by Gasteiger charge is -2.21. The van der Waals surface area contributed by atoms with Crippen LogP contribution in [0.1, 0.15) is 15.4 Å². The zero-order valence-electron chi connectivity index (χ0n) is 13.0. The minimum Gasteiger partial charge on any atom is -0.353 e. The number of nitrogens with zero attached hydrogens (tertiary/aromatic N) is 2. The van der Waals surface area contributed by atoms with E-state index in [0.29, 0.717) is 17.3 Å². The van der Waals surface area contributed by atoms with Crippen molar-refractivity contribution in [2.45, 2.75) is 24.2 Å². The van der Waals surface area contributed by atoms with Gasteiger partial charge in [-0.3, -0.25) is 0 Å². The minimum absolute atomic E-state index is 0.362. The summed E-state index contributed by atoms with van der Waals surface area (Å²) in [6.45, 7) is 2.67. The van der Waals surface area contributed by atoms with Crippen molar-refractivity contribution in [3.8, 4) is 0 Å². The molecule has 0 spiro atoms. The van der Waals surface area contributed by atoms with Crippen LogP contribution in [-0.2, 0) is 30.2 Å². The fraction of sp³-hybridized carbons (Fsp3) is 0.250. The lowest BCUT2D eigenvalue weighted by molar-refractivity contribution is 0.396. The largest absolute Gasteiger partial charge is 0.353 e. The van der Waals surface area contributed by atoms with Gasteiger partial charge < -0.3 is 4.57 Å². The molecule has 122 valence electrons. The summed E-state index contributed by atoms with van der Waals surface area (Å²) >= 11 is 2.89. The number of hydrogen-bond donors (Lipinski definition) is 0. The second kappa shape index (κ2) is 6.60. The number of hydrogen-bond acceptors (Lipinski definition) is 4. The quantitative estimate of drug-likeness (QED) is 0.665. The second-order valence-electron chi connectivity index (χ2n) is 5.33. The predicted octanol–water partition coefficient (Wildman–Crippen LogP) is 3.85. The van der Waals surface area contributed by atoms with Gasteiger partial charge in [0.15, 0.2) is 0 Å². The van der Waals surface area contributed by atoms with Crippen LogP contribution in [0.4, 0.5) is 0 Å². The van der Waals surface area contributed by atoms with Crippen molar-refractivity contribution in [1.29, 1.82) is 0 Å². The molecule has 0 aliphatic carbocycles. The lowest BCUT2D eigenvalue weighted by atomic mass is 10.4. The Kier molecular flexibility index (Phi) is 4.72. The molecule has 3 aromatic heterocycles. The van der Waals surface area contributed by atoms with E-state index in [1.54, 1.807) is 21.7 Å². The summed E-state index contributed by atoms with van der Waals surface area (Å²) in [4.78, 5) is 2.04. The summed E-state index contributed by atoms with van der Waals surface area (Å²) in [6.07, 6.45) is 1.93. The third-order valence-electron chi connectivity index (χ3n) is 3.61. The van der Waals surface area contributed by atoms with Crippen molar-refractivity contribution in [3.63, 3.8) is 0 Å². The summed E-state index contributed by atoms with van der Waals surface area (Å²) in [7, 11) is -1.57. The van der Waals surface area contributed by atoms with Gasteiger partial charge in [0.25, 0.3) is 10.0 Å². The van der Waals surface area contributed by atoms with E-state index < -0.39 is 10.0 Å². The number of aromatic nitrogens is 1. The van der Waals surface area contributed by atoms with Crippen LogP contribution >= 0.6 is 22.7 Å². The van der Waals surface area contributed by atoms with Crippen LogP contribution in [0.5, 0.6) is 0 Å². The molecule has 0 atom stereocenters. The van der Waals surface area contributed by atoms with Crippen LogP contribution in [-0.4, -0.2) is 17.3 Å². The topological polar surface area (TPSA) is 42.3 Å². The highest BCUT2D eigenvalue weighted by Crippen LogP contribution is 2.27. The van der Waals surface area contributed by atoms with Gasteiger partial charge in [-0.15, -0.1) is 22.7 Å². The molecular formula is C16H18N2O2S3. The third kappa shape index (κ3) is 3.58. The Bertz CT molecular complexity index is 876. The predicted molar refractivity (Wildman–Crippen MR) is 95.2 cm³/mol. The normalized spacial score (nSPS) is 12.1. The van der Waals surface area contributed by atoms with Gasteiger partial charge in [-0.2, -0.15) is 4.31 Å². The van der Waals surface area contributed by atoms with Crippen molar-refractivity contribution in [3.05, 3.63) is 63.4 Å². The van der Waals surface area contributed by atoms with E-state index in [1.807, 2.05) is 60.4 Å². The van der Waals surface area contributed by atoms with Crippen LogP contribution < -0.4 is 0 Å². The molecule has 3 rings (SSSR count). The van der Waals surface area contributed by atoms with E-state index in [9.17, 15) is 8.42 Å². The van der Waals surface area contributed by atoms with Gasteiger partial charge in [0.1, 0.15) is 4.21 Å². The minimum atomic E-state index is -3.50. The Morgan fingerprint density at radius 1 is 1.13 bits per heavy atom. The molecule has 0 fully saturated rings. The van der Waals surface area contributed by atoms with Crippen molar-refractivity contribution >= 4 is 32.7 Å². The third-order valence-corrected chi connectivity index (χ3v) is 7.73. The van der Waals surface area contributed by atoms with Gasteiger partial charge in [0.2, 0.25) is 0 Å². The standard InChI is InChI=1S/C16H18N2O2S3/c1-13-7-8-16(22-13)23(19,20)18(12-15-6-4-10-21-15)11-14-5-3-9-17(14)2/h3-10H,11-12H2,1-2H3. The monoisotopic (exact) mass is 366 g/mol. The summed E-state index contributed by atoms with van der Waals surface area (Å²) in [6, 6.07) is 11.3. The molecule has 0 amide bonds. The van der Waals surface area contributed by atoms with Crippen molar-refractivity contribution in [2.75, 3.05) is 0 Å². The molecule has 0 saturated heterocycles. The smallest absolute Gasteiger partial charge is 0.253 e. The molecule has 3 aromatic rings. The second-order valence-corrected chi connectivity index (χ2v) is 9.81. The summed E-state index contributed by atoms with van der Waals surface area (Å²) in [5.41, 5.74) is 0.971. The first-order valence-corrected chi connectivity index (χ1v) is 10.3. The van der Waals surface area contributed by atoms with Gasteiger partial charge in [0, 0.05) is 35.2 Å². The van der Waals surface area contributed by atoms with Gasteiger partial charge in [-0.1, -0.05) is 6.07 Å². The van der Waals surface area contributed by atoms with E-state index in [4.69, 9.17) is 0 Å². The summed E-state index contributed by atoms with van der Waals surface area (Å²) in [5, 5.41) is 1.97. The van der Waals surface area contributed by atoms with E-state index >= 15 is 0 Å². The maximum atomic E-state index is 13.0. The van der Waals surface area contributed by atoms with Crippen LogP contribution in [0.15, 0.2) is 52.2 Å². The molecule has 3 heterocycles. The van der Waals surface area contributed by atoms with Gasteiger partial charge in [-0.25, -0.2) is 8.42 Å². The summed E-state index contributed by atoms with van der Waals surface area (Å²) in [5.74, 6) is 0. The fourth-order valence-electron chi connectivity index (χ4n) is 2.32. The highest BCUT2D eigenvalue weighted by atomic mass is 32.2. The maximum absolute atomic E-state index is 13.0. The fourth-order valence-corrected chi connectivity index (χ4v) is 5.95. The average molecular weight is 367 g/mol. The molecule has 4 nitrogen and oxygen atoms in total. The van der Waals surface area contributed by atoms with Crippen LogP contribution in [0, 0.1) is 6.92 Å². The molecule has 0 unspecified atom stereocenters. The Labute approximate surface area is 144 Å². The zero-order chi connectivity index (χ0) is 16.4. The Morgan fingerprint density at radius 2 is 1.96 bits per heavy atom. The zero-order valence-corrected chi connectivity index (χ0v) is 15.4. The molecule has 7 heteroatoms. The van der Waals surface area contributed by atoms with Gasteiger partial charge >= 0.3 is 0 Å². The van der Waals surface area contributed by atoms with E-state index in [0.717, 1.165) is 15.4 Å². The lowest BCUT2D eigenvalue weighted by Crippen LogP contribution is -2.30. The van der Waals surface area contributed by atoms with E-state index in [-0.39, 0.29) is 0 Å². The highest BCUT2D eigenvalue weighted by molar-refractivity contribution is 7.91. The molecule has 0 aliphatic rings. The number of thiophene rings is 2. The van der Waals surface area contributed by atoms with Crippen LogP contribution in [0.25, 0.3) is 0 Å². The van der Waals surface area contributed by atoms with Crippen molar-refractivity contribution < 1.29 is 8.42 Å². The summed E-state index contributed by atoms with van der Waals surface area (Å²) < 4.78 is 30.0. The first-order chi connectivity index (χ1) is 11.0. The van der Waals surface area contributed by atoms with Crippen LogP contribution in [0.3, 0.4) is 0 Å². The SMILES string of the molecule is Cc1ccc(S(=O)(=O)N(Cc2cccs2)Cc2cccn2C)s1. The van der Waals surface area contributed by atoms with Gasteiger partial charge in [-0.05, 0) is 42.6 Å². The Balaban J connectivity index is 1.95. The highest BCUT2D eigenvalue weighted by Gasteiger charge is 2.27. The molecule has 0 saturated carbocycles. The first kappa shape index (κ1) is 16.4. The van der Waals surface area contributed by atoms with E-state index in [1.165, 1.54) is 11.3 Å². The number of rotatable bonds is 6. The van der Waals surface area contributed by atoms with Crippen molar-refractivity contribution in [2.24, 2.45) is 7.05 Å². The molecule has 0 aromatic carbocycles. The molecular weight excluding hydrogens is 348 g/mol. The maximum Gasteiger partial charge on any atom is 0.253 e. The average Bonchev–Trinajstić information content (AvgIpc) is 3.22. The molecule has 23 heavy (non-hydrogen) atoms. The molecule has 0 N–H and O–H groups in total. The molecule has 0 aliphatic heterocycles. The first-order valence-electron chi connectivity index (χ1n) is 7.16. The van der Waals surface area contributed by atoms with Crippen molar-refractivity contribution in [1.82, 2.24) is 8.87 Å².